The summed E-state index contributed by atoms with van der Waals surface area (Å²) >= 11 is 0. The second-order valence-corrected chi connectivity index (χ2v) is 4.49. The largest absolute Gasteiger partial charge is 0.391 e. The van der Waals surface area contributed by atoms with Gasteiger partial charge < -0.3 is 20.7 Å². The van der Waals surface area contributed by atoms with Crippen molar-refractivity contribution >= 4 is 11.5 Å². The molecule has 0 amide bonds. The van der Waals surface area contributed by atoms with E-state index in [9.17, 15) is 9.90 Å². The Labute approximate surface area is 93.1 Å². The van der Waals surface area contributed by atoms with Crippen molar-refractivity contribution in [2.75, 3.05) is 23.7 Å². The Morgan fingerprint density at radius 3 is 3.12 bits per heavy atom. The first-order valence-corrected chi connectivity index (χ1v) is 5.30. The van der Waals surface area contributed by atoms with E-state index < -0.39 is 5.60 Å². The number of nitrogens with one attached hydrogen (secondary N) is 1. The number of nitrogens with two attached hydrogens (primary N) is 1. The molecule has 4 N–H and O–H groups in total. The third-order valence-corrected chi connectivity index (χ3v) is 2.84. The van der Waals surface area contributed by atoms with E-state index in [2.05, 4.69) is 9.97 Å². The molecule has 88 valence electrons. The Kier molecular flexibility index (Phi) is 2.59. The van der Waals surface area contributed by atoms with E-state index in [0.29, 0.717) is 12.4 Å². The van der Waals surface area contributed by atoms with Gasteiger partial charge in [-0.05, 0) is 19.8 Å². The lowest BCUT2D eigenvalue weighted by atomic mass is 9.95. The smallest absolute Gasteiger partial charge is 0.276 e. The number of aliphatic hydroxyl groups is 1. The van der Waals surface area contributed by atoms with Crippen LogP contribution in [0.1, 0.15) is 19.8 Å². The number of aromatic nitrogens is 2. The summed E-state index contributed by atoms with van der Waals surface area (Å²) < 4.78 is 0. The molecule has 1 unspecified atom stereocenters. The molecule has 0 aromatic carbocycles. The first-order valence-electron chi connectivity index (χ1n) is 5.30. The summed E-state index contributed by atoms with van der Waals surface area (Å²) in [5.41, 5.74) is 4.70. The standard InChI is InChI=1S/C10H16N4O2/c1-10(16)3-2-4-14(5-10)8-7(11)9(15)13-6-12-8/h6,16H,2-5,11H2,1H3,(H,12,13,15). The molecule has 2 heterocycles. The van der Waals surface area contributed by atoms with Gasteiger partial charge in [0.15, 0.2) is 5.82 Å². The van der Waals surface area contributed by atoms with E-state index in [0.717, 1.165) is 19.4 Å². The normalized spacial score (nSPS) is 25.8. The van der Waals surface area contributed by atoms with Gasteiger partial charge in [0.25, 0.3) is 5.56 Å². The maximum Gasteiger partial charge on any atom is 0.276 e. The Bertz CT molecular complexity index is 441. The lowest BCUT2D eigenvalue weighted by molar-refractivity contribution is 0.0447. The number of β-amino-alcohol motifs (C(OH)–C–C–N with tert-alkyl or cyclic N) is 1. The number of piperidine rings is 1. The summed E-state index contributed by atoms with van der Waals surface area (Å²) in [5, 5.41) is 9.97. The second kappa shape index (κ2) is 3.79. The van der Waals surface area contributed by atoms with Crippen molar-refractivity contribution in [3.05, 3.63) is 16.7 Å². The van der Waals surface area contributed by atoms with E-state index in [1.807, 2.05) is 4.90 Å². The first kappa shape index (κ1) is 10.9. The molecule has 0 spiro atoms. The topological polar surface area (TPSA) is 95.2 Å². The van der Waals surface area contributed by atoms with Crippen LogP contribution in [0.5, 0.6) is 0 Å². The minimum absolute atomic E-state index is 0.111. The van der Waals surface area contributed by atoms with Gasteiger partial charge in [0.05, 0.1) is 11.9 Å². The SMILES string of the molecule is CC1(O)CCCN(c2nc[nH]c(=O)c2N)C1. The van der Waals surface area contributed by atoms with E-state index in [1.165, 1.54) is 6.33 Å². The van der Waals surface area contributed by atoms with Crippen molar-refractivity contribution in [1.29, 1.82) is 0 Å². The summed E-state index contributed by atoms with van der Waals surface area (Å²) in [7, 11) is 0. The number of nitrogens with zero attached hydrogens (tertiary/aromatic N) is 2. The van der Waals surface area contributed by atoms with Crippen LogP contribution in [0.4, 0.5) is 11.5 Å². The van der Waals surface area contributed by atoms with Crippen LogP contribution < -0.4 is 16.2 Å². The van der Waals surface area contributed by atoms with Gasteiger partial charge in [-0.1, -0.05) is 0 Å². The third kappa shape index (κ3) is 2.01. The predicted octanol–water partition coefficient (Wildman–Crippen LogP) is -0.297. The van der Waals surface area contributed by atoms with E-state index >= 15 is 0 Å². The molecule has 2 rings (SSSR count). The fourth-order valence-electron chi connectivity index (χ4n) is 2.05. The minimum atomic E-state index is -0.741. The van der Waals surface area contributed by atoms with Crippen molar-refractivity contribution in [1.82, 2.24) is 9.97 Å². The first-order chi connectivity index (χ1) is 7.49. The van der Waals surface area contributed by atoms with Crippen molar-refractivity contribution in [3.63, 3.8) is 0 Å². The maximum absolute atomic E-state index is 11.3. The molecule has 0 aliphatic carbocycles. The highest BCUT2D eigenvalue weighted by atomic mass is 16.3. The molecule has 0 saturated carbocycles. The monoisotopic (exact) mass is 224 g/mol. The molecule has 0 bridgehead atoms. The molecular formula is C10H16N4O2. The molecule has 0 radical (unpaired) electrons. The zero-order valence-electron chi connectivity index (χ0n) is 9.23. The van der Waals surface area contributed by atoms with Gasteiger partial charge in [0, 0.05) is 13.1 Å². The minimum Gasteiger partial charge on any atom is -0.391 e. The van der Waals surface area contributed by atoms with Gasteiger partial charge in [-0.3, -0.25) is 4.79 Å². The Morgan fingerprint density at radius 1 is 1.69 bits per heavy atom. The van der Waals surface area contributed by atoms with Crippen LogP contribution in [0, 0.1) is 0 Å². The Balaban J connectivity index is 2.31. The number of hydrogen-bond donors (Lipinski definition) is 3. The zero-order chi connectivity index (χ0) is 11.8. The summed E-state index contributed by atoms with van der Waals surface area (Å²) in [6, 6.07) is 0. The summed E-state index contributed by atoms with van der Waals surface area (Å²) in [6.07, 6.45) is 2.95. The molecule has 16 heavy (non-hydrogen) atoms. The molecule has 1 aliphatic heterocycles. The average molecular weight is 224 g/mol. The molecule has 1 saturated heterocycles. The fourth-order valence-corrected chi connectivity index (χ4v) is 2.05. The van der Waals surface area contributed by atoms with Crippen molar-refractivity contribution in [2.45, 2.75) is 25.4 Å². The van der Waals surface area contributed by atoms with Crippen LogP contribution in [-0.4, -0.2) is 33.8 Å². The van der Waals surface area contributed by atoms with E-state index in [1.54, 1.807) is 6.92 Å². The second-order valence-electron chi connectivity index (χ2n) is 4.49. The van der Waals surface area contributed by atoms with Crippen molar-refractivity contribution < 1.29 is 5.11 Å². The molecule has 1 atom stereocenters. The summed E-state index contributed by atoms with van der Waals surface area (Å²) in [6.45, 7) is 2.99. The lowest BCUT2D eigenvalue weighted by Gasteiger charge is -2.37. The van der Waals surface area contributed by atoms with Crippen LogP contribution >= 0.6 is 0 Å². The number of nitrogen functional groups attached to an aromatic ring is 1. The van der Waals surface area contributed by atoms with E-state index in [4.69, 9.17) is 5.73 Å². The predicted molar refractivity (Wildman–Crippen MR) is 61.3 cm³/mol. The highest BCUT2D eigenvalue weighted by molar-refractivity contribution is 5.61. The van der Waals surface area contributed by atoms with Crippen LogP contribution in [0.15, 0.2) is 11.1 Å². The molecule has 1 aromatic rings. The molecule has 1 aromatic heterocycles. The highest BCUT2D eigenvalue weighted by Crippen LogP contribution is 2.25. The summed E-state index contributed by atoms with van der Waals surface area (Å²) in [5.74, 6) is 0.462. The van der Waals surface area contributed by atoms with E-state index in [-0.39, 0.29) is 11.2 Å². The highest BCUT2D eigenvalue weighted by Gasteiger charge is 2.30. The number of rotatable bonds is 1. The number of H-pyrrole nitrogens is 1. The summed E-state index contributed by atoms with van der Waals surface area (Å²) in [4.78, 5) is 19.7. The van der Waals surface area contributed by atoms with Gasteiger partial charge in [0.2, 0.25) is 0 Å². The number of hydrogen-bond acceptors (Lipinski definition) is 5. The van der Waals surface area contributed by atoms with Gasteiger partial charge in [-0.25, -0.2) is 4.98 Å². The van der Waals surface area contributed by atoms with Crippen LogP contribution in [0.25, 0.3) is 0 Å². The van der Waals surface area contributed by atoms with Crippen molar-refractivity contribution in [2.24, 2.45) is 0 Å². The van der Waals surface area contributed by atoms with Crippen LogP contribution in [0.2, 0.25) is 0 Å². The van der Waals surface area contributed by atoms with Crippen LogP contribution in [0.3, 0.4) is 0 Å². The lowest BCUT2D eigenvalue weighted by Crippen LogP contribution is -2.47. The van der Waals surface area contributed by atoms with Crippen molar-refractivity contribution in [3.8, 4) is 0 Å². The Hall–Kier alpha value is -1.56. The molecular weight excluding hydrogens is 208 g/mol. The van der Waals surface area contributed by atoms with Gasteiger partial charge in [-0.15, -0.1) is 0 Å². The average Bonchev–Trinajstić information content (AvgIpc) is 2.20. The number of aromatic amines is 1. The van der Waals surface area contributed by atoms with Crippen LogP contribution in [-0.2, 0) is 0 Å². The fraction of sp³-hybridized carbons (Fsp3) is 0.600. The third-order valence-electron chi connectivity index (χ3n) is 2.84. The number of anilines is 2. The Morgan fingerprint density at radius 2 is 2.44 bits per heavy atom. The zero-order valence-corrected chi connectivity index (χ0v) is 9.23. The maximum atomic E-state index is 11.3. The molecule has 6 heteroatoms. The quantitative estimate of drug-likeness (QED) is 0.609. The van der Waals surface area contributed by atoms with Gasteiger partial charge in [-0.2, -0.15) is 0 Å². The molecule has 1 aliphatic rings. The van der Waals surface area contributed by atoms with Gasteiger partial charge >= 0.3 is 0 Å². The van der Waals surface area contributed by atoms with Gasteiger partial charge in [0.1, 0.15) is 5.69 Å². The molecule has 6 nitrogen and oxygen atoms in total. The molecule has 1 fully saturated rings.